The highest BCUT2D eigenvalue weighted by Crippen LogP contribution is 2.15. The first-order valence-corrected chi connectivity index (χ1v) is 13.0. The molecule has 2 aromatic rings. The van der Waals surface area contributed by atoms with E-state index in [1.807, 2.05) is 24.3 Å². The van der Waals surface area contributed by atoms with Crippen LogP contribution in [0.1, 0.15) is 43.2 Å². The van der Waals surface area contributed by atoms with Crippen molar-refractivity contribution in [2.45, 2.75) is 51.4 Å². The Bertz CT molecular complexity index is 1130. The lowest BCUT2D eigenvalue weighted by Crippen LogP contribution is -2.45. The van der Waals surface area contributed by atoms with Gasteiger partial charge in [0.1, 0.15) is 26.1 Å². The van der Waals surface area contributed by atoms with Gasteiger partial charge in [0.15, 0.2) is 6.04 Å². The van der Waals surface area contributed by atoms with E-state index in [-0.39, 0.29) is 26.2 Å². The van der Waals surface area contributed by atoms with Gasteiger partial charge < -0.3 is 14.2 Å². The van der Waals surface area contributed by atoms with Gasteiger partial charge >= 0.3 is 17.9 Å². The van der Waals surface area contributed by atoms with Crippen LogP contribution < -0.4 is 0 Å². The summed E-state index contributed by atoms with van der Waals surface area (Å²) in [4.78, 5) is 72.2. The van der Waals surface area contributed by atoms with Crippen LogP contribution in [-0.4, -0.2) is 73.8 Å². The maximum absolute atomic E-state index is 12.8. The quantitative estimate of drug-likeness (QED) is 0.0914. The molecule has 0 saturated heterocycles. The highest BCUT2D eigenvalue weighted by atomic mass is 16.7. The zero-order chi connectivity index (χ0) is 30.0. The lowest BCUT2D eigenvalue weighted by molar-refractivity contribution is -0.200. The maximum atomic E-state index is 12.8. The molecule has 2 rings (SSSR count). The third kappa shape index (κ3) is 11.8. The van der Waals surface area contributed by atoms with Crippen molar-refractivity contribution >= 4 is 29.7 Å². The van der Waals surface area contributed by atoms with Crippen LogP contribution in [0.3, 0.4) is 0 Å². The Morgan fingerprint density at radius 3 is 1.66 bits per heavy atom. The molecule has 0 spiro atoms. The Labute approximate surface area is 238 Å². The van der Waals surface area contributed by atoms with E-state index >= 15 is 0 Å². The Balaban J connectivity index is 1.82. The van der Waals surface area contributed by atoms with Crippen LogP contribution in [0, 0.1) is 0 Å². The fourth-order valence-corrected chi connectivity index (χ4v) is 3.77. The number of rotatable bonds is 17. The molecule has 12 heteroatoms. The number of ether oxygens (including phenoxy) is 3. The summed E-state index contributed by atoms with van der Waals surface area (Å²) >= 11 is 0. The molecule has 0 N–H and O–H groups in total. The fourth-order valence-electron chi connectivity index (χ4n) is 3.77. The summed E-state index contributed by atoms with van der Waals surface area (Å²) in [6.45, 7) is 0.163. The molecule has 0 unspecified atom stereocenters. The van der Waals surface area contributed by atoms with Crippen molar-refractivity contribution < 1.29 is 47.9 Å². The molecule has 222 valence electrons. The molecule has 0 aliphatic heterocycles. The van der Waals surface area contributed by atoms with E-state index in [0.29, 0.717) is 12.8 Å². The summed E-state index contributed by atoms with van der Waals surface area (Å²) in [7, 11) is 3.67. The third-order valence-corrected chi connectivity index (χ3v) is 5.86. The summed E-state index contributed by atoms with van der Waals surface area (Å²) in [6.07, 6.45) is -0.331. The molecule has 0 aromatic heterocycles. The van der Waals surface area contributed by atoms with Crippen LogP contribution in [-0.2, 0) is 61.1 Å². The zero-order valence-corrected chi connectivity index (χ0v) is 23.5. The molecule has 2 aromatic carbocycles. The van der Waals surface area contributed by atoms with E-state index in [1.165, 1.54) is 21.3 Å². The molecule has 41 heavy (non-hydrogen) atoms. The number of nitrogens with zero attached hydrogens (tertiary/aromatic N) is 2. The average Bonchev–Trinajstić information content (AvgIpc) is 2.99. The molecule has 1 atom stereocenters. The van der Waals surface area contributed by atoms with Gasteiger partial charge in [0.2, 0.25) is 0 Å². The Morgan fingerprint density at radius 2 is 1.20 bits per heavy atom. The minimum absolute atomic E-state index is 0.000165. The van der Waals surface area contributed by atoms with E-state index in [4.69, 9.17) is 23.9 Å². The number of methoxy groups -OCH3 is 1. The fraction of sp³-hybridized carbons (Fsp3) is 0.414. The highest BCUT2D eigenvalue weighted by Gasteiger charge is 2.32. The van der Waals surface area contributed by atoms with Gasteiger partial charge in [0.05, 0.1) is 21.3 Å². The van der Waals surface area contributed by atoms with Crippen molar-refractivity contribution in [1.82, 2.24) is 10.1 Å². The number of esters is 3. The lowest BCUT2D eigenvalue weighted by Gasteiger charge is -2.27. The Kier molecular flexibility index (Phi) is 14.6. The predicted molar refractivity (Wildman–Crippen MR) is 144 cm³/mol. The summed E-state index contributed by atoms with van der Waals surface area (Å²) in [5.41, 5.74) is 1.56. The van der Waals surface area contributed by atoms with Gasteiger partial charge in [-0.15, -0.1) is 0 Å². The zero-order valence-electron chi connectivity index (χ0n) is 23.5. The second kappa shape index (κ2) is 18.1. The minimum Gasteiger partial charge on any atom is -0.467 e. The summed E-state index contributed by atoms with van der Waals surface area (Å²) in [5.74, 6) is -3.57. The molecule has 0 aliphatic rings. The van der Waals surface area contributed by atoms with Gasteiger partial charge in [-0.3, -0.25) is 28.9 Å². The largest absolute Gasteiger partial charge is 0.467 e. The first-order valence-electron chi connectivity index (χ1n) is 13.0. The first-order chi connectivity index (χ1) is 19.8. The van der Waals surface area contributed by atoms with Crippen molar-refractivity contribution in [2.24, 2.45) is 0 Å². The lowest BCUT2D eigenvalue weighted by atomic mass is 10.1. The molecule has 2 amide bonds. The molecule has 0 bridgehead atoms. The average molecular weight is 573 g/mol. The number of unbranched alkanes of at least 4 members (excludes halogenated alkanes) is 1. The van der Waals surface area contributed by atoms with Crippen LogP contribution in [0.25, 0.3) is 0 Å². The molecule has 0 fully saturated rings. The van der Waals surface area contributed by atoms with Gasteiger partial charge in [-0.1, -0.05) is 60.7 Å². The van der Waals surface area contributed by atoms with Crippen molar-refractivity contribution in [3.05, 3.63) is 71.8 Å². The summed E-state index contributed by atoms with van der Waals surface area (Å²) in [5, 5.41) is 1.82. The second-order valence-electron chi connectivity index (χ2n) is 8.76. The molecular formula is C29H36N2O10. The van der Waals surface area contributed by atoms with Crippen LogP contribution in [0.2, 0.25) is 0 Å². The number of amides is 2. The predicted octanol–water partition coefficient (Wildman–Crippen LogP) is 2.75. The number of carbonyl (C=O) groups excluding carboxylic acids is 5. The topological polar surface area (TPSA) is 138 Å². The minimum atomic E-state index is -1.14. The number of hydrogen-bond acceptors (Lipinski definition) is 10. The molecule has 0 aliphatic carbocycles. The van der Waals surface area contributed by atoms with Gasteiger partial charge in [-0.2, -0.15) is 0 Å². The number of hydroxylamine groups is 4. The third-order valence-electron chi connectivity index (χ3n) is 5.86. The molecule has 12 nitrogen and oxygen atoms in total. The highest BCUT2D eigenvalue weighted by molar-refractivity contribution is 5.95. The Hall–Kier alpha value is -4.29. The summed E-state index contributed by atoms with van der Waals surface area (Å²) in [6, 6.07) is 16.9. The van der Waals surface area contributed by atoms with Crippen LogP contribution in [0.5, 0.6) is 0 Å². The molecular weight excluding hydrogens is 536 g/mol. The Morgan fingerprint density at radius 1 is 0.683 bits per heavy atom. The van der Waals surface area contributed by atoms with E-state index in [9.17, 15) is 24.0 Å². The van der Waals surface area contributed by atoms with Crippen molar-refractivity contribution in [2.75, 3.05) is 27.9 Å². The van der Waals surface area contributed by atoms with Crippen LogP contribution in [0.4, 0.5) is 0 Å². The van der Waals surface area contributed by atoms with E-state index in [2.05, 4.69) is 0 Å². The number of carbonyl (C=O) groups is 5. The molecule has 0 heterocycles. The SMILES string of the molecule is COC(=O)[C@H](CCCCN(OC)C(=O)CC(=O)OCc1ccccc1)N(OC)C(=O)CC(=O)OCc1ccccc1. The van der Waals surface area contributed by atoms with Crippen LogP contribution >= 0.6 is 0 Å². The normalized spacial score (nSPS) is 11.2. The van der Waals surface area contributed by atoms with E-state index < -0.39 is 48.6 Å². The smallest absolute Gasteiger partial charge is 0.331 e. The van der Waals surface area contributed by atoms with Gasteiger partial charge in [-0.25, -0.2) is 14.9 Å². The maximum Gasteiger partial charge on any atom is 0.331 e. The van der Waals surface area contributed by atoms with E-state index in [0.717, 1.165) is 21.3 Å². The van der Waals surface area contributed by atoms with Crippen LogP contribution in [0.15, 0.2) is 60.7 Å². The molecule has 0 saturated carbocycles. The van der Waals surface area contributed by atoms with Gasteiger partial charge in [0.25, 0.3) is 11.8 Å². The first kappa shape index (κ1) is 32.9. The summed E-state index contributed by atoms with van der Waals surface area (Å²) < 4.78 is 15.1. The van der Waals surface area contributed by atoms with Gasteiger partial charge in [0, 0.05) is 6.54 Å². The van der Waals surface area contributed by atoms with Gasteiger partial charge in [-0.05, 0) is 30.4 Å². The van der Waals surface area contributed by atoms with E-state index in [1.54, 1.807) is 36.4 Å². The standard InChI is InChI=1S/C29H36N2O10/c1-37-29(36)24(31(39-3)26(33)19-28(35)41-21-23-14-8-5-9-15-23)16-10-11-17-30(38-2)25(32)18-27(34)40-20-22-12-6-4-7-13-22/h4-9,12-15,24H,10-11,16-21H2,1-3H3/t24-/m0/s1. The number of hydrogen-bond donors (Lipinski definition) is 0. The van der Waals surface area contributed by atoms with Crippen molar-refractivity contribution in [3.8, 4) is 0 Å². The van der Waals surface area contributed by atoms with Crippen molar-refractivity contribution in [1.29, 1.82) is 0 Å². The molecule has 0 radical (unpaired) electrons. The monoisotopic (exact) mass is 572 g/mol. The number of benzene rings is 2. The van der Waals surface area contributed by atoms with Crippen molar-refractivity contribution in [3.63, 3.8) is 0 Å². The second-order valence-corrected chi connectivity index (χ2v) is 8.76.